The number of rotatable bonds is 8. The van der Waals surface area contributed by atoms with Gasteiger partial charge in [0.05, 0.1) is 17.9 Å². The van der Waals surface area contributed by atoms with Gasteiger partial charge in [0.2, 0.25) is 0 Å². The highest BCUT2D eigenvalue weighted by Crippen LogP contribution is 2.21. The molecular weight excluding hydrogens is 532 g/mol. The van der Waals surface area contributed by atoms with E-state index >= 15 is 0 Å². The highest BCUT2D eigenvalue weighted by Gasteiger charge is 2.16. The average molecular weight is 561 g/mol. The molecule has 3 aromatic rings. The number of anilines is 1. The summed E-state index contributed by atoms with van der Waals surface area (Å²) in [5.74, 6) is 0.824. The zero-order valence-electron chi connectivity index (χ0n) is 18.8. The second kappa shape index (κ2) is 12.8. The van der Waals surface area contributed by atoms with E-state index < -0.39 is 0 Å². The summed E-state index contributed by atoms with van der Waals surface area (Å²) in [5, 5.41) is 20.6. The van der Waals surface area contributed by atoms with Crippen molar-refractivity contribution in [2.24, 2.45) is 4.99 Å². The summed E-state index contributed by atoms with van der Waals surface area (Å²) in [6.07, 6.45) is 1.36. The normalized spacial score (nSPS) is 10.9. The maximum Gasteiger partial charge on any atom is 0.191 e. The monoisotopic (exact) mass is 561 g/mol. The van der Waals surface area contributed by atoms with Crippen molar-refractivity contribution in [2.45, 2.75) is 33.2 Å². The molecule has 3 rings (SSSR count). The largest absolute Gasteiger partial charge is 0.382 e. The van der Waals surface area contributed by atoms with Crippen LogP contribution in [0.5, 0.6) is 0 Å². The first-order valence-electron chi connectivity index (χ1n) is 10.6. The molecule has 0 fully saturated rings. The van der Waals surface area contributed by atoms with Crippen molar-refractivity contribution in [1.29, 1.82) is 5.26 Å². The zero-order chi connectivity index (χ0) is 22.9. The Morgan fingerprint density at radius 1 is 1.21 bits per heavy atom. The van der Waals surface area contributed by atoms with Crippen LogP contribution in [0.4, 0.5) is 10.2 Å². The number of aryl methyl sites for hydroxylation is 2. The fourth-order valence-electron chi connectivity index (χ4n) is 3.32. The number of hydrogen-bond acceptors (Lipinski definition) is 4. The Balaban J connectivity index is 0.00000385. The Hall–Kier alpha value is -3.13. The summed E-state index contributed by atoms with van der Waals surface area (Å²) in [4.78, 5) is 4.57. The minimum atomic E-state index is -0.213. The van der Waals surface area contributed by atoms with E-state index in [0.717, 1.165) is 24.2 Å². The van der Waals surface area contributed by atoms with Crippen molar-refractivity contribution in [1.82, 2.24) is 20.4 Å². The number of halogens is 2. The molecule has 0 aliphatic carbocycles. The number of benzene rings is 2. The number of aromatic nitrogens is 2. The van der Waals surface area contributed by atoms with Crippen molar-refractivity contribution in [3.05, 3.63) is 76.7 Å². The molecule has 0 saturated heterocycles. The molecule has 9 heteroatoms. The Kier molecular flexibility index (Phi) is 10.1. The van der Waals surface area contributed by atoms with Crippen LogP contribution in [-0.4, -0.2) is 28.8 Å². The molecule has 0 unspecified atom stereocenters. The second-order valence-electron chi connectivity index (χ2n) is 7.38. The van der Waals surface area contributed by atoms with E-state index in [1.54, 1.807) is 23.7 Å². The molecule has 0 spiro atoms. The van der Waals surface area contributed by atoms with Gasteiger partial charge in [-0.15, -0.1) is 24.0 Å². The van der Waals surface area contributed by atoms with Crippen LogP contribution in [0.3, 0.4) is 0 Å². The van der Waals surface area contributed by atoms with E-state index in [1.807, 2.05) is 37.3 Å². The molecule has 33 heavy (non-hydrogen) atoms. The highest BCUT2D eigenvalue weighted by molar-refractivity contribution is 14.0. The Labute approximate surface area is 210 Å². The standard InChI is InChI=1S/C24H28FN7.HI/c1-3-28-24(30-16-18-11-12-21(25)17(2)14-18)29-13-7-10-22-20(15-26)23(27)32(31-22)19-8-5-4-6-9-19;/h4-6,8-9,11-12,14H,3,7,10,13,16,27H2,1-2H3,(H2,28,29,30);1H. The number of hydrogen-bond donors (Lipinski definition) is 3. The summed E-state index contributed by atoms with van der Waals surface area (Å²) >= 11 is 0. The van der Waals surface area contributed by atoms with E-state index in [4.69, 9.17) is 5.73 Å². The van der Waals surface area contributed by atoms with Gasteiger partial charge in [0.25, 0.3) is 0 Å². The van der Waals surface area contributed by atoms with Crippen LogP contribution in [0.2, 0.25) is 0 Å². The lowest BCUT2D eigenvalue weighted by Crippen LogP contribution is -2.37. The summed E-state index contributed by atoms with van der Waals surface area (Å²) in [7, 11) is 0. The summed E-state index contributed by atoms with van der Waals surface area (Å²) < 4.78 is 15.1. The van der Waals surface area contributed by atoms with Gasteiger partial charge in [0.15, 0.2) is 5.96 Å². The van der Waals surface area contributed by atoms with Gasteiger partial charge < -0.3 is 16.4 Å². The second-order valence-corrected chi connectivity index (χ2v) is 7.38. The fraction of sp³-hybridized carbons (Fsp3) is 0.292. The van der Waals surface area contributed by atoms with Gasteiger partial charge >= 0.3 is 0 Å². The van der Waals surface area contributed by atoms with Crippen molar-refractivity contribution < 1.29 is 4.39 Å². The summed E-state index contributed by atoms with van der Waals surface area (Å²) in [5.41, 5.74) is 9.64. The first-order chi connectivity index (χ1) is 15.5. The van der Waals surface area contributed by atoms with E-state index in [9.17, 15) is 9.65 Å². The van der Waals surface area contributed by atoms with Crippen molar-refractivity contribution >= 4 is 35.8 Å². The minimum absolute atomic E-state index is 0. The number of guanidine groups is 1. The quantitative estimate of drug-likeness (QED) is 0.167. The number of nitrogens with one attached hydrogen (secondary N) is 2. The molecular formula is C24H29FIN7. The Morgan fingerprint density at radius 3 is 2.64 bits per heavy atom. The minimum Gasteiger partial charge on any atom is -0.382 e. The smallest absolute Gasteiger partial charge is 0.191 e. The number of nitriles is 1. The van der Waals surface area contributed by atoms with Gasteiger partial charge in [0, 0.05) is 13.1 Å². The maximum absolute atomic E-state index is 13.4. The molecule has 7 nitrogen and oxygen atoms in total. The van der Waals surface area contributed by atoms with E-state index in [-0.39, 0.29) is 29.8 Å². The van der Waals surface area contributed by atoms with Crippen LogP contribution in [0.15, 0.2) is 53.5 Å². The molecule has 174 valence electrons. The molecule has 0 aliphatic rings. The topological polar surface area (TPSA) is 104 Å². The van der Waals surface area contributed by atoms with Crippen molar-refractivity contribution in [2.75, 3.05) is 18.8 Å². The van der Waals surface area contributed by atoms with Crippen molar-refractivity contribution in [3.63, 3.8) is 0 Å². The third kappa shape index (κ3) is 6.92. The number of nitrogen functional groups attached to an aromatic ring is 1. The SMILES string of the molecule is CCNC(=NCc1ccc(F)c(C)c1)NCCCc1nn(-c2ccccc2)c(N)c1C#N.I. The van der Waals surface area contributed by atoms with Gasteiger partial charge in [0.1, 0.15) is 23.3 Å². The Bertz CT molecular complexity index is 1120. The molecule has 2 aromatic carbocycles. The third-order valence-electron chi connectivity index (χ3n) is 4.98. The Morgan fingerprint density at radius 2 is 1.97 bits per heavy atom. The predicted molar refractivity (Wildman–Crippen MR) is 140 cm³/mol. The van der Waals surface area contributed by atoms with E-state index in [0.29, 0.717) is 48.1 Å². The van der Waals surface area contributed by atoms with Gasteiger partial charge in [-0.25, -0.2) is 14.1 Å². The summed E-state index contributed by atoms with van der Waals surface area (Å²) in [6, 6.07) is 16.7. The zero-order valence-corrected chi connectivity index (χ0v) is 21.1. The van der Waals surface area contributed by atoms with Gasteiger partial charge in [-0.2, -0.15) is 10.4 Å². The average Bonchev–Trinajstić information content (AvgIpc) is 3.12. The fourth-order valence-corrected chi connectivity index (χ4v) is 3.32. The van der Waals surface area contributed by atoms with Gasteiger partial charge in [-0.3, -0.25) is 0 Å². The first-order valence-corrected chi connectivity index (χ1v) is 10.6. The lowest BCUT2D eigenvalue weighted by Gasteiger charge is -2.11. The predicted octanol–water partition coefficient (Wildman–Crippen LogP) is 4.08. The molecule has 0 aliphatic heterocycles. The molecule has 0 bridgehead atoms. The lowest BCUT2D eigenvalue weighted by molar-refractivity contribution is 0.617. The van der Waals surface area contributed by atoms with Crippen LogP contribution in [0.25, 0.3) is 5.69 Å². The molecule has 0 amide bonds. The molecule has 0 radical (unpaired) electrons. The van der Waals surface area contributed by atoms with Crippen molar-refractivity contribution in [3.8, 4) is 11.8 Å². The first kappa shape index (κ1) is 26.1. The lowest BCUT2D eigenvalue weighted by atomic mass is 10.1. The molecule has 1 heterocycles. The molecule has 4 N–H and O–H groups in total. The third-order valence-corrected chi connectivity index (χ3v) is 4.98. The summed E-state index contributed by atoms with van der Waals surface area (Å²) in [6.45, 7) is 5.57. The van der Waals surface area contributed by atoms with E-state index in [2.05, 4.69) is 26.8 Å². The van der Waals surface area contributed by atoms with Crippen LogP contribution < -0.4 is 16.4 Å². The van der Waals surface area contributed by atoms with E-state index in [1.165, 1.54) is 6.07 Å². The van der Waals surface area contributed by atoms with Crippen LogP contribution >= 0.6 is 24.0 Å². The number of para-hydroxylation sites is 1. The van der Waals surface area contributed by atoms with Crippen LogP contribution in [0.1, 0.15) is 35.7 Å². The number of nitrogens with zero attached hydrogens (tertiary/aromatic N) is 4. The molecule has 0 atom stereocenters. The molecule has 1 aromatic heterocycles. The highest BCUT2D eigenvalue weighted by atomic mass is 127. The van der Waals surface area contributed by atoms with Gasteiger partial charge in [-0.1, -0.05) is 30.3 Å². The maximum atomic E-state index is 13.4. The van der Waals surface area contributed by atoms with Crippen LogP contribution in [0, 0.1) is 24.1 Å². The van der Waals surface area contributed by atoms with Crippen LogP contribution in [-0.2, 0) is 13.0 Å². The number of nitrogens with two attached hydrogens (primary N) is 1. The van der Waals surface area contributed by atoms with Gasteiger partial charge in [-0.05, 0) is 56.0 Å². The molecule has 0 saturated carbocycles. The number of aliphatic imine (C=N–C) groups is 1.